The summed E-state index contributed by atoms with van der Waals surface area (Å²) in [6.07, 6.45) is 3.44. The second-order valence-corrected chi connectivity index (χ2v) is 4.02. The van der Waals surface area contributed by atoms with Crippen molar-refractivity contribution in [1.29, 1.82) is 0 Å². The highest BCUT2D eigenvalue weighted by molar-refractivity contribution is 6.28. The van der Waals surface area contributed by atoms with E-state index in [4.69, 9.17) is 11.6 Å². The van der Waals surface area contributed by atoms with Crippen LogP contribution in [-0.2, 0) is 0 Å². The topological polar surface area (TPSA) is 29.0 Å². The van der Waals surface area contributed by atoms with E-state index >= 15 is 0 Å². The monoisotopic (exact) mass is 233 g/mol. The lowest BCUT2D eigenvalue weighted by atomic mass is 10.1. The third-order valence-corrected chi connectivity index (χ3v) is 2.53. The Labute approximate surface area is 99.7 Å². The third-order valence-electron chi connectivity index (χ3n) is 2.34. The van der Waals surface area contributed by atoms with Crippen molar-refractivity contribution in [3.63, 3.8) is 0 Å². The van der Waals surface area contributed by atoms with Crippen LogP contribution in [0.3, 0.4) is 0 Å². The van der Waals surface area contributed by atoms with Crippen LogP contribution in [0, 0.1) is 0 Å². The lowest BCUT2D eigenvalue weighted by molar-refractivity contribution is 1.13. The predicted molar refractivity (Wildman–Crippen MR) is 66.8 cm³/mol. The second kappa shape index (κ2) is 4.49. The van der Waals surface area contributed by atoms with Crippen LogP contribution in [0.25, 0.3) is 11.1 Å². The molecule has 1 aromatic heterocycles. The highest BCUT2D eigenvalue weighted by Crippen LogP contribution is 2.21. The minimum absolute atomic E-state index is 0.272. The molecule has 0 unspecified atom stereocenters. The Balaban J connectivity index is 2.31. The van der Waals surface area contributed by atoms with E-state index in [1.54, 1.807) is 12.4 Å². The first-order valence-corrected chi connectivity index (χ1v) is 5.30. The van der Waals surface area contributed by atoms with Crippen LogP contribution in [0.15, 0.2) is 36.7 Å². The Hall–Kier alpha value is -1.61. The number of rotatable bonds is 2. The Kier molecular flexibility index (Phi) is 3.06. The molecule has 0 atom stereocenters. The van der Waals surface area contributed by atoms with Gasteiger partial charge in [-0.15, -0.1) is 0 Å². The van der Waals surface area contributed by atoms with Crippen LogP contribution < -0.4 is 4.90 Å². The smallest absolute Gasteiger partial charge is 0.222 e. The summed E-state index contributed by atoms with van der Waals surface area (Å²) in [5.74, 6) is 0. The molecule has 0 saturated heterocycles. The molecular formula is C12H12ClN3. The molecule has 0 radical (unpaired) electrons. The molecule has 4 heteroatoms. The van der Waals surface area contributed by atoms with Gasteiger partial charge in [0.25, 0.3) is 0 Å². The van der Waals surface area contributed by atoms with Gasteiger partial charge in [-0.3, -0.25) is 0 Å². The SMILES string of the molecule is CN(C)c1ccc(-c2cnc(Cl)nc2)cc1. The molecule has 0 saturated carbocycles. The van der Waals surface area contributed by atoms with Crippen LogP contribution >= 0.6 is 11.6 Å². The minimum atomic E-state index is 0.272. The molecule has 0 N–H and O–H groups in total. The maximum atomic E-state index is 5.64. The molecule has 82 valence electrons. The average Bonchev–Trinajstić information content (AvgIpc) is 2.30. The highest BCUT2D eigenvalue weighted by atomic mass is 35.5. The molecule has 1 aromatic carbocycles. The first kappa shape index (κ1) is 10.9. The van der Waals surface area contributed by atoms with E-state index in [0.29, 0.717) is 0 Å². The molecule has 0 bridgehead atoms. The van der Waals surface area contributed by atoms with Gasteiger partial charge in [0.2, 0.25) is 5.28 Å². The Bertz CT molecular complexity index is 463. The Morgan fingerprint density at radius 1 is 0.938 bits per heavy atom. The first-order chi connectivity index (χ1) is 7.66. The molecule has 2 rings (SSSR count). The van der Waals surface area contributed by atoms with Gasteiger partial charge in [-0.2, -0.15) is 0 Å². The van der Waals surface area contributed by atoms with Crippen molar-refractivity contribution in [2.75, 3.05) is 19.0 Å². The van der Waals surface area contributed by atoms with E-state index in [9.17, 15) is 0 Å². The molecule has 0 aliphatic carbocycles. The van der Waals surface area contributed by atoms with Gasteiger partial charge in [0.05, 0.1) is 0 Å². The van der Waals surface area contributed by atoms with Gasteiger partial charge in [0, 0.05) is 37.7 Å². The van der Waals surface area contributed by atoms with Crippen molar-refractivity contribution < 1.29 is 0 Å². The zero-order valence-corrected chi connectivity index (χ0v) is 9.94. The summed E-state index contributed by atoms with van der Waals surface area (Å²) in [5.41, 5.74) is 3.22. The van der Waals surface area contributed by atoms with Crippen molar-refractivity contribution in [3.8, 4) is 11.1 Å². The normalized spacial score (nSPS) is 10.2. The van der Waals surface area contributed by atoms with Crippen molar-refractivity contribution in [1.82, 2.24) is 9.97 Å². The minimum Gasteiger partial charge on any atom is -0.378 e. The summed E-state index contributed by atoms with van der Waals surface area (Å²) < 4.78 is 0. The zero-order valence-electron chi connectivity index (χ0n) is 9.18. The van der Waals surface area contributed by atoms with Crippen LogP contribution in [0.1, 0.15) is 0 Å². The lowest BCUT2D eigenvalue weighted by Gasteiger charge is -2.12. The van der Waals surface area contributed by atoms with Crippen LogP contribution in [0.2, 0.25) is 5.28 Å². The van der Waals surface area contributed by atoms with Crippen LogP contribution in [0.5, 0.6) is 0 Å². The fraction of sp³-hybridized carbons (Fsp3) is 0.167. The summed E-state index contributed by atoms with van der Waals surface area (Å²) in [6.45, 7) is 0. The maximum Gasteiger partial charge on any atom is 0.222 e. The van der Waals surface area contributed by atoms with E-state index in [1.165, 1.54) is 5.69 Å². The number of hydrogen-bond acceptors (Lipinski definition) is 3. The summed E-state index contributed by atoms with van der Waals surface area (Å²) in [7, 11) is 4.03. The summed E-state index contributed by atoms with van der Waals surface area (Å²) >= 11 is 5.64. The fourth-order valence-corrected chi connectivity index (χ4v) is 1.51. The molecule has 0 aliphatic heterocycles. The molecular weight excluding hydrogens is 222 g/mol. The average molecular weight is 234 g/mol. The second-order valence-electron chi connectivity index (χ2n) is 3.68. The quantitative estimate of drug-likeness (QED) is 0.747. The lowest BCUT2D eigenvalue weighted by Crippen LogP contribution is -2.07. The molecule has 1 heterocycles. The molecule has 3 nitrogen and oxygen atoms in total. The molecule has 0 spiro atoms. The van der Waals surface area contributed by atoms with E-state index in [-0.39, 0.29) is 5.28 Å². The summed E-state index contributed by atoms with van der Waals surface area (Å²) in [5, 5.41) is 0.272. The molecule has 16 heavy (non-hydrogen) atoms. The Morgan fingerprint density at radius 3 is 2.00 bits per heavy atom. The van der Waals surface area contributed by atoms with Crippen molar-refractivity contribution in [3.05, 3.63) is 41.9 Å². The van der Waals surface area contributed by atoms with Gasteiger partial charge in [-0.05, 0) is 29.3 Å². The molecule has 0 fully saturated rings. The van der Waals surface area contributed by atoms with Gasteiger partial charge in [-0.1, -0.05) is 12.1 Å². The van der Waals surface area contributed by atoms with Gasteiger partial charge < -0.3 is 4.90 Å². The molecule has 0 aliphatic rings. The summed E-state index contributed by atoms with van der Waals surface area (Å²) in [4.78, 5) is 9.97. The maximum absolute atomic E-state index is 5.64. The first-order valence-electron chi connectivity index (χ1n) is 4.92. The van der Waals surface area contributed by atoms with Crippen molar-refractivity contribution in [2.45, 2.75) is 0 Å². The third kappa shape index (κ3) is 2.31. The van der Waals surface area contributed by atoms with Crippen LogP contribution in [-0.4, -0.2) is 24.1 Å². The van der Waals surface area contributed by atoms with E-state index in [2.05, 4.69) is 27.0 Å². The zero-order chi connectivity index (χ0) is 11.5. The highest BCUT2D eigenvalue weighted by Gasteiger charge is 2.00. The number of benzene rings is 1. The molecule has 2 aromatic rings. The fourth-order valence-electron chi connectivity index (χ4n) is 1.41. The Morgan fingerprint density at radius 2 is 1.50 bits per heavy atom. The molecule has 0 amide bonds. The number of anilines is 1. The van der Waals surface area contributed by atoms with E-state index in [0.717, 1.165) is 11.1 Å². The number of nitrogens with zero attached hydrogens (tertiary/aromatic N) is 3. The van der Waals surface area contributed by atoms with Gasteiger partial charge >= 0.3 is 0 Å². The van der Waals surface area contributed by atoms with Crippen molar-refractivity contribution in [2.24, 2.45) is 0 Å². The number of aromatic nitrogens is 2. The van der Waals surface area contributed by atoms with Crippen LogP contribution in [0.4, 0.5) is 5.69 Å². The predicted octanol–water partition coefficient (Wildman–Crippen LogP) is 2.86. The largest absolute Gasteiger partial charge is 0.378 e. The summed E-state index contributed by atoms with van der Waals surface area (Å²) in [6, 6.07) is 8.21. The standard InChI is InChI=1S/C12H12ClN3/c1-16(2)11-5-3-9(4-6-11)10-7-14-12(13)15-8-10/h3-8H,1-2H3. The number of hydrogen-bond donors (Lipinski definition) is 0. The van der Waals surface area contributed by atoms with Gasteiger partial charge in [0.1, 0.15) is 0 Å². The van der Waals surface area contributed by atoms with Crippen molar-refractivity contribution >= 4 is 17.3 Å². The number of halogens is 1. The van der Waals surface area contributed by atoms with E-state index < -0.39 is 0 Å². The van der Waals surface area contributed by atoms with Gasteiger partial charge in [-0.25, -0.2) is 9.97 Å². The van der Waals surface area contributed by atoms with E-state index in [1.807, 2.05) is 26.2 Å². The van der Waals surface area contributed by atoms with Gasteiger partial charge in [0.15, 0.2) is 0 Å².